The quantitative estimate of drug-likeness (QED) is 0.0266. The van der Waals surface area contributed by atoms with Crippen molar-refractivity contribution in [2.75, 3.05) is 26.4 Å². The Labute approximate surface area is 361 Å². The summed E-state index contributed by atoms with van der Waals surface area (Å²) >= 11 is 0. The minimum atomic E-state index is -4.39. The van der Waals surface area contributed by atoms with Crippen LogP contribution in [0.2, 0.25) is 0 Å². The van der Waals surface area contributed by atoms with Crippen LogP contribution in [0.15, 0.2) is 60.8 Å². The molecule has 0 saturated heterocycles. The second kappa shape index (κ2) is 45.2. The Morgan fingerprint density at radius 3 is 1.39 bits per heavy atom. The Kier molecular flexibility index (Phi) is 43.5. The first-order chi connectivity index (χ1) is 28.8. The molecular weight excluding hydrogens is 762 g/mol. The van der Waals surface area contributed by atoms with E-state index >= 15 is 0 Å². The lowest BCUT2D eigenvalue weighted by atomic mass is 10.0. The number of phosphoric ester groups is 1. The number of unbranched alkanes of at least 4 members (excludes halogenated alkanes) is 21. The molecule has 0 aliphatic carbocycles. The van der Waals surface area contributed by atoms with E-state index in [2.05, 4.69) is 74.6 Å². The van der Waals surface area contributed by atoms with Gasteiger partial charge in [-0.05, 0) is 57.8 Å². The summed E-state index contributed by atoms with van der Waals surface area (Å²) in [6, 6.07) is 0. The Balaban J connectivity index is 4.15. The van der Waals surface area contributed by atoms with Gasteiger partial charge in [0.25, 0.3) is 0 Å². The van der Waals surface area contributed by atoms with Crippen molar-refractivity contribution < 1.29 is 37.6 Å². The normalized spacial score (nSPS) is 13.8. The van der Waals surface area contributed by atoms with Gasteiger partial charge in [0.15, 0.2) is 6.10 Å². The molecule has 1 unspecified atom stereocenters. The minimum absolute atomic E-state index is 0.0461. The van der Waals surface area contributed by atoms with Crippen molar-refractivity contribution in [1.82, 2.24) is 0 Å². The zero-order chi connectivity index (χ0) is 43.2. The molecule has 0 aromatic heterocycles. The Hall–Kier alpha value is -2.29. The van der Waals surface area contributed by atoms with E-state index in [1.54, 1.807) is 0 Å². The highest BCUT2D eigenvalue weighted by molar-refractivity contribution is 7.47. The summed E-state index contributed by atoms with van der Waals surface area (Å²) < 4.78 is 32.8. The maximum atomic E-state index is 12.6. The summed E-state index contributed by atoms with van der Waals surface area (Å²) in [5, 5.41) is 0. The topological polar surface area (TPSA) is 134 Å². The van der Waals surface area contributed by atoms with E-state index in [0.717, 1.165) is 70.6 Å². The summed E-state index contributed by atoms with van der Waals surface area (Å²) in [6.45, 7) is 3.60. The third-order valence-corrected chi connectivity index (χ3v) is 10.9. The van der Waals surface area contributed by atoms with E-state index in [0.29, 0.717) is 6.42 Å². The highest BCUT2D eigenvalue weighted by atomic mass is 31.2. The van der Waals surface area contributed by atoms with Crippen molar-refractivity contribution in [2.24, 2.45) is 5.73 Å². The Morgan fingerprint density at radius 1 is 0.525 bits per heavy atom. The number of hydrogen-bond donors (Lipinski definition) is 2. The molecule has 10 heteroatoms. The monoisotopic (exact) mass is 850 g/mol. The predicted molar refractivity (Wildman–Crippen MR) is 247 cm³/mol. The highest BCUT2D eigenvalue weighted by Gasteiger charge is 2.26. The average molecular weight is 850 g/mol. The SMILES string of the molecule is CC/C=C\C/C=C\C/C=C\C/C=C\C/C=C\CCCCCC(=O)O[C@H](COC(=O)CCCCCCCCCCCCCCCCCCCCC)COP(=O)(O)OCCN. The molecule has 59 heavy (non-hydrogen) atoms. The third-order valence-electron chi connectivity index (χ3n) is 9.92. The van der Waals surface area contributed by atoms with Crippen molar-refractivity contribution in [3.8, 4) is 0 Å². The molecule has 9 nitrogen and oxygen atoms in total. The predicted octanol–water partition coefficient (Wildman–Crippen LogP) is 14.1. The van der Waals surface area contributed by atoms with Crippen molar-refractivity contribution in [3.63, 3.8) is 0 Å². The van der Waals surface area contributed by atoms with Crippen molar-refractivity contribution in [3.05, 3.63) is 60.8 Å². The van der Waals surface area contributed by atoms with E-state index in [4.69, 9.17) is 24.3 Å². The fourth-order valence-corrected chi connectivity index (χ4v) is 7.19. The van der Waals surface area contributed by atoms with Gasteiger partial charge in [0, 0.05) is 19.4 Å². The number of carbonyl (C=O) groups excluding carboxylic acids is 2. The summed E-state index contributed by atoms with van der Waals surface area (Å²) in [4.78, 5) is 35.0. The molecule has 0 aliphatic rings. The van der Waals surface area contributed by atoms with Gasteiger partial charge in [-0.3, -0.25) is 18.6 Å². The number of hydrogen-bond acceptors (Lipinski definition) is 8. The van der Waals surface area contributed by atoms with Crippen LogP contribution in [-0.2, 0) is 32.7 Å². The van der Waals surface area contributed by atoms with Gasteiger partial charge in [0.05, 0.1) is 13.2 Å². The molecule has 0 spiro atoms. The molecule has 3 N–H and O–H groups in total. The van der Waals surface area contributed by atoms with Crippen molar-refractivity contribution in [1.29, 1.82) is 0 Å². The van der Waals surface area contributed by atoms with Crippen LogP contribution in [0.5, 0.6) is 0 Å². The fourth-order valence-electron chi connectivity index (χ4n) is 6.43. The third kappa shape index (κ3) is 45.1. The van der Waals surface area contributed by atoms with Gasteiger partial charge in [-0.15, -0.1) is 0 Å². The minimum Gasteiger partial charge on any atom is -0.462 e. The number of ether oxygens (including phenoxy) is 2. The molecule has 0 rings (SSSR count). The lowest BCUT2D eigenvalue weighted by Crippen LogP contribution is -2.29. The summed E-state index contributed by atoms with van der Waals surface area (Å²) in [6.07, 6.45) is 54.0. The summed E-state index contributed by atoms with van der Waals surface area (Å²) in [7, 11) is -4.39. The Bertz CT molecular complexity index is 1150. The molecule has 0 bridgehead atoms. The van der Waals surface area contributed by atoms with Gasteiger partial charge >= 0.3 is 19.8 Å². The Morgan fingerprint density at radius 2 is 0.932 bits per heavy atom. The van der Waals surface area contributed by atoms with Crippen LogP contribution in [-0.4, -0.2) is 49.3 Å². The molecule has 342 valence electrons. The highest BCUT2D eigenvalue weighted by Crippen LogP contribution is 2.43. The number of phosphoric acid groups is 1. The molecular formula is C49H88NO8P. The molecule has 0 saturated carbocycles. The van der Waals surface area contributed by atoms with E-state index in [1.807, 2.05) is 0 Å². The lowest BCUT2D eigenvalue weighted by Gasteiger charge is -2.19. The van der Waals surface area contributed by atoms with Crippen molar-refractivity contribution in [2.45, 2.75) is 213 Å². The van der Waals surface area contributed by atoms with Crippen LogP contribution in [0.3, 0.4) is 0 Å². The van der Waals surface area contributed by atoms with Gasteiger partial charge in [-0.25, -0.2) is 4.57 Å². The lowest BCUT2D eigenvalue weighted by molar-refractivity contribution is -0.161. The number of rotatable bonds is 44. The van der Waals surface area contributed by atoms with Gasteiger partial charge in [0.1, 0.15) is 6.61 Å². The molecule has 0 aromatic rings. The molecule has 0 aliphatic heterocycles. The van der Waals surface area contributed by atoms with E-state index < -0.39 is 26.5 Å². The smallest absolute Gasteiger partial charge is 0.462 e. The standard InChI is InChI=1S/C49H88NO8P/c1-3-5-7-9-11-13-15-17-19-21-23-25-27-29-31-33-35-37-39-41-48(51)55-45-47(46-57-59(53,54)56-44-43-50)58-49(52)42-40-38-36-34-32-30-28-26-24-22-20-18-16-14-12-10-8-6-4-2/h6,8,12,14,18,20,24,26,30,32,47H,3-5,7,9-11,13,15-17,19,21-23,25,27-29,31,33-46,50H2,1-2H3,(H,53,54)/b8-6-,14-12-,20-18-,26-24-,32-30-/t47-/m1/s1. The number of nitrogens with two attached hydrogens (primary N) is 1. The average Bonchev–Trinajstić information content (AvgIpc) is 3.22. The first-order valence-electron chi connectivity index (χ1n) is 23.8. The van der Waals surface area contributed by atoms with E-state index in [-0.39, 0.29) is 38.6 Å². The second-order valence-electron chi connectivity index (χ2n) is 15.6. The molecule has 0 radical (unpaired) electrons. The van der Waals surface area contributed by atoms with Gasteiger partial charge in [-0.1, -0.05) is 197 Å². The maximum Gasteiger partial charge on any atom is 0.472 e. The molecule has 2 atom stereocenters. The second-order valence-corrected chi connectivity index (χ2v) is 17.1. The zero-order valence-corrected chi connectivity index (χ0v) is 38.6. The van der Waals surface area contributed by atoms with Crippen LogP contribution in [0.4, 0.5) is 0 Å². The summed E-state index contributed by atoms with van der Waals surface area (Å²) in [5.41, 5.74) is 5.36. The first-order valence-corrected chi connectivity index (χ1v) is 25.3. The molecule has 0 fully saturated rings. The zero-order valence-electron chi connectivity index (χ0n) is 37.7. The van der Waals surface area contributed by atoms with Crippen LogP contribution >= 0.6 is 7.82 Å². The van der Waals surface area contributed by atoms with E-state index in [9.17, 15) is 19.0 Å². The van der Waals surface area contributed by atoms with Crippen LogP contribution in [0.1, 0.15) is 206 Å². The molecule has 0 heterocycles. The molecule has 0 amide bonds. The van der Waals surface area contributed by atoms with Gasteiger partial charge in [0.2, 0.25) is 0 Å². The van der Waals surface area contributed by atoms with Crippen LogP contribution in [0.25, 0.3) is 0 Å². The number of esters is 2. The number of allylic oxidation sites excluding steroid dienone is 10. The van der Waals surface area contributed by atoms with Crippen molar-refractivity contribution >= 4 is 19.8 Å². The summed E-state index contributed by atoms with van der Waals surface area (Å²) in [5.74, 6) is -0.862. The van der Waals surface area contributed by atoms with Gasteiger partial charge < -0.3 is 20.1 Å². The fraction of sp³-hybridized carbons (Fsp3) is 0.755. The number of carbonyl (C=O) groups is 2. The van der Waals surface area contributed by atoms with Gasteiger partial charge in [-0.2, -0.15) is 0 Å². The van der Waals surface area contributed by atoms with Crippen LogP contribution < -0.4 is 5.73 Å². The molecule has 0 aromatic carbocycles. The van der Waals surface area contributed by atoms with E-state index in [1.165, 1.54) is 103 Å². The first kappa shape index (κ1) is 56.7. The van der Waals surface area contributed by atoms with Crippen LogP contribution in [0, 0.1) is 0 Å². The maximum absolute atomic E-state index is 12.6. The largest absolute Gasteiger partial charge is 0.472 e.